The first-order valence-electron chi connectivity index (χ1n) is 11.1. The fourth-order valence-electron chi connectivity index (χ4n) is 3.52. The van der Waals surface area contributed by atoms with E-state index in [0.29, 0.717) is 11.3 Å². The van der Waals surface area contributed by atoms with Gasteiger partial charge in [-0.1, -0.05) is 54.1 Å². The number of hydrogen-bond acceptors (Lipinski definition) is 3. The highest BCUT2D eigenvalue weighted by atomic mass is 32.2. The Labute approximate surface area is 204 Å². The van der Waals surface area contributed by atoms with E-state index in [1.807, 2.05) is 123 Å². The van der Waals surface area contributed by atoms with Gasteiger partial charge in [0, 0.05) is 27.5 Å². The summed E-state index contributed by atoms with van der Waals surface area (Å²) >= 11 is 1.49. The molecule has 1 N–H and O–H groups in total. The molecule has 4 nitrogen and oxygen atoms in total. The Balaban J connectivity index is 1.45. The topological polar surface area (TPSA) is 49.4 Å². The molecule has 5 heteroatoms. The molecule has 1 atom stereocenters. The van der Waals surface area contributed by atoms with Crippen molar-refractivity contribution in [3.63, 3.8) is 0 Å². The second-order valence-corrected chi connectivity index (χ2v) is 9.36. The summed E-state index contributed by atoms with van der Waals surface area (Å²) in [5, 5.41) is 2.61. The second-order valence-electron chi connectivity index (χ2n) is 7.95. The van der Waals surface area contributed by atoms with Gasteiger partial charge in [-0.05, 0) is 74.5 Å². The number of nitrogens with zero attached hydrogens (tertiary/aromatic N) is 1. The Morgan fingerprint density at radius 2 is 1.26 bits per heavy atom. The van der Waals surface area contributed by atoms with Gasteiger partial charge in [0.25, 0.3) is 5.91 Å². The van der Waals surface area contributed by atoms with Gasteiger partial charge in [-0.2, -0.15) is 0 Å². The van der Waals surface area contributed by atoms with Crippen LogP contribution < -0.4 is 10.2 Å². The van der Waals surface area contributed by atoms with Crippen LogP contribution in [0.2, 0.25) is 0 Å². The van der Waals surface area contributed by atoms with E-state index in [2.05, 4.69) is 5.32 Å². The lowest BCUT2D eigenvalue weighted by Crippen LogP contribution is -2.32. The third-order valence-corrected chi connectivity index (χ3v) is 6.44. The zero-order chi connectivity index (χ0) is 23.9. The highest BCUT2D eigenvalue weighted by Crippen LogP contribution is 2.31. The standard InChI is InChI=1S/C29H26N2O2S/c1-21-13-15-23(16-14-21)28(32)30-24-17-19-27(20-18-24)34-22(2)29(33)31(25-9-5-3-6-10-25)26-11-7-4-8-12-26/h3-20,22H,1-2H3,(H,30,32). The highest BCUT2D eigenvalue weighted by Gasteiger charge is 2.24. The maximum atomic E-state index is 13.5. The molecule has 1 unspecified atom stereocenters. The summed E-state index contributed by atoms with van der Waals surface area (Å²) in [6, 6.07) is 34.4. The van der Waals surface area contributed by atoms with Crippen molar-refractivity contribution in [3.8, 4) is 0 Å². The zero-order valence-corrected chi connectivity index (χ0v) is 20.0. The number of carbonyl (C=O) groups excluding carboxylic acids is 2. The molecule has 170 valence electrons. The molecule has 34 heavy (non-hydrogen) atoms. The summed E-state index contributed by atoms with van der Waals surface area (Å²) in [4.78, 5) is 28.7. The molecule has 0 radical (unpaired) electrons. The number of para-hydroxylation sites is 2. The van der Waals surface area contributed by atoms with Crippen molar-refractivity contribution in [1.29, 1.82) is 0 Å². The minimum Gasteiger partial charge on any atom is -0.322 e. The second kappa shape index (κ2) is 10.9. The van der Waals surface area contributed by atoms with Crippen molar-refractivity contribution in [3.05, 3.63) is 120 Å². The van der Waals surface area contributed by atoms with Crippen molar-refractivity contribution >= 4 is 40.6 Å². The third kappa shape index (κ3) is 5.74. The number of thioether (sulfide) groups is 1. The zero-order valence-electron chi connectivity index (χ0n) is 19.1. The van der Waals surface area contributed by atoms with Gasteiger partial charge < -0.3 is 5.32 Å². The minimum atomic E-state index is -0.312. The molecular weight excluding hydrogens is 440 g/mol. The molecule has 4 aromatic carbocycles. The van der Waals surface area contributed by atoms with E-state index < -0.39 is 0 Å². The molecule has 0 aliphatic carbocycles. The van der Waals surface area contributed by atoms with Crippen LogP contribution in [0.3, 0.4) is 0 Å². The molecule has 0 spiro atoms. The molecular formula is C29H26N2O2S. The van der Waals surface area contributed by atoms with Gasteiger partial charge in [-0.15, -0.1) is 11.8 Å². The SMILES string of the molecule is Cc1ccc(C(=O)Nc2ccc(SC(C)C(=O)N(c3ccccc3)c3ccccc3)cc2)cc1. The monoisotopic (exact) mass is 466 g/mol. The van der Waals surface area contributed by atoms with Gasteiger partial charge in [-0.25, -0.2) is 0 Å². The van der Waals surface area contributed by atoms with E-state index in [9.17, 15) is 9.59 Å². The van der Waals surface area contributed by atoms with Crippen LogP contribution in [-0.2, 0) is 4.79 Å². The number of benzene rings is 4. The average Bonchev–Trinajstić information content (AvgIpc) is 2.87. The lowest BCUT2D eigenvalue weighted by molar-refractivity contribution is -0.117. The van der Waals surface area contributed by atoms with Crippen LogP contribution >= 0.6 is 11.8 Å². The lowest BCUT2D eigenvalue weighted by atomic mass is 10.1. The van der Waals surface area contributed by atoms with Crippen LogP contribution in [0.5, 0.6) is 0 Å². The molecule has 0 heterocycles. The van der Waals surface area contributed by atoms with Crippen LogP contribution in [0.15, 0.2) is 114 Å². The van der Waals surface area contributed by atoms with Crippen LogP contribution in [0, 0.1) is 6.92 Å². The maximum Gasteiger partial charge on any atom is 0.255 e. The van der Waals surface area contributed by atoms with Crippen molar-refractivity contribution in [1.82, 2.24) is 0 Å². The fraction of sp³-hybridized carbons (Fsp3) is 0.103. The molecule has 4 aromatic rings. The van der Waals surface area contributed by atoms with Crippen molar-refractivity contribution in [2.45, 2.75) is 24.0 Å². The van der Waals surface area contributed by atoms with Gasteiger partial charge >= 0.3 is 0 Å². The van der Waals surface area contributed by atoms with Crippen molar-refractivity contribution in [2.24, 2.45) is 0 Å². The Morgan fingerprint density at radius 3 is 1.79 bits per heavy atom. The Bertz CT molecular complexity index is 1200. The summed E-state index contributed by atoms with van der Waals surface area (Å²) < 4.78 is 0. The number of anilines is 3. The first-order chi connectivity index (χ1) is 16.5. The van der Waals surface area contributed by atoms with Gasteiger partial charge in [0.2, 0.25) is 5.91 Å². The number of aryl methyl sites for hydroxylation is 1. The Morgan fingerprint density at radius 1 is 0.735 bits per heavy atom. The first kappa shape index (κ1) is 23.3. The van der Waals surface area contributed by atoms with Crippen LogP contribution in [0.1, 0.15) is 22.8 Å². The quantitative estimate of drug-likeness (QED) is 0.296. The Hall–Kier alpha value is -3.83. The predicted octanol–water partition coefficient (Wildman–Crippen LogP) is 7.09. The minimum absolute atomic E-state index is 0.000787. The van der Waals surface area contributed by atoms with Crippen molar-refractivity contribution < 1.29 is 9.59 Å². The molecule has 0 saturated carbocycles. The molecule has 0 saturated heterocycles. The summed E-state index contributed by atoms with van der Waals surface area (Å²) in [5.74, 6) is -0.149. The number of hydrogen-bond donors (Lipinski definition) is 1. The van der Waals surface area contributed by atoms with E-state index in [1.165, 1.54) is 11.8 Å². The predicted molar refractivity (Wildman–Crippen MR) is 141 cm³/mol. The van der Waals surface area contributed by atoms with E-state index in [1.54, 1.807) is 4.90 Å². The molecule has 0 aromatic heterocycles. The molecule has 0 bridgehead atoms. The van der Waals surface area contributed by atoms with E-state index >= 15 is 0 Å². The summed E-state index contributed by atoms with van der Waals surface area (Å²) in [6.45, 7) is 3.90. The first-order valence-corrected chi connectivity index (χ1v) is 12.0. The van der Waals surface area contributed by atoms with Crippen molar-refractivity contribution in [2.75, 3.05) is 10.2 Å². The maximum absolute atomic E-state index is 13.5. The van der Waals surface area contributed by atoms with E-state index in [0.717, 1.165) is 21.8 Å². The largest absolute Gasteiger partial charge is 0.322 e. The molecule has 0 aliphatic rings. The molecule has 4 rings (SSSR count). The van der Waals surface area contributed by atoms with Gasteiger partial charge in [-0.3, -0.25) is 14.5 Å². The molecule has 0 aliphatic heterocycles. The number of amides is 2. The molecule has 2 amide bonds. The fourth-order valence-corrected chi connectivity index (χ4v) is 4.43. The molecule has 0 fully saturated rings. The summed E-state index contributed by atoms with van der Waals surface area (Å²) in [5.41, 5.74) is 4.11. The number of carbonyl (C=O) groups is 2. The van der Waals surface area contributed by atoms with Gasteiger partial charge in [0.15, 0.2) is 0 Å². The van der Waals surface area contributed by atoms with E-state index in [4.69, 9.17) is 0 Å². The Kier molecular flexibility index (Phi) is 7.45. The van der Waals surface area contributed by atoms with E-state index in [-0.39, 0.29) is 17.1 Å². The summed E-state index contributed by atoms with van der Waals surface area (Å²) in [7, 11) is 0. The average molecular weight is 467 g/mol. The van der Waals surface area contributed by atoms with Gasteiger partial charge in [0.1, 0.15) is 0 Å². The number of rotatable bonds is 7. The lowest BCUT2D eigenvalue weighted by Gasteiger charge is -2.26. The summed E-state index contributed by atoms with van der Waals surface area (Å²) in [6.07, 6.45) is 0. The normalized spacial score (nSPS) is 11.5. The van der Waals surface area contributed by atoms with Gasteiger partial charge in [0.05, 0.1) is 5.25 Å². The van der Waals surface area contributed by atoms with Crippen LogP contribution in [0.25, 0.3) is 0 Å². The third-order valence-electron chi connectivity index (χ3n) is 5.34. The number of nitrogens with one attached hydrogen (secondary N) is 1. The smallest absolute Gasteiger partial charge is 0.255 e. The highest BCUT2D eigenvalue weighted by molar-refractivity contribution is 8.00. The van der Waals surface area contributed by atoms with Crippen LogP contribution in [0.4, 0.5) is 17.1 Å². The van der Waals surface area contributed by atoms with Crippen LogP contribution in [-0.4, -0.2) is 17.1 Å².